The van der Waals surface area contributed by atoms with Crippen LogP contribution in [0.1, 0.15) is 11.4 Å². The molecule has 1 aromatic carbocycles. The molecule has 1 amide bonds. The number of nitrogens with zero attached hydrogens (tertiary/aromatic N) is 2. The first-order valence-electron chi connectivity index (χ1n) is 6.04. The molecule has 0 fully saturated rings. The first-order chi connectivity index (χ1) is 10.2. The Balaban J connectivity index is 2.13. The van der Waals surface area contributed by atoms with Crippen molar-refractivity contribution in [2.45, 2.75) is 19.6 Å². The minimum Gasteiger partial charge on any atom is -0.324 e. The van der Waals surface area contributed by atoms with Crippen molar-refractivity contribution in [1.82, 2.24) is 9.78 Å². The summed E-state index contributed by atoms with van der Waals surface area (Å²) in [4.78, 5) is 11.9. The molecule has 0 bridgehead atoms. The van der Waals surface area contributed by atoms with E-state index in [1.54, 1.807) is 24.3 Å². The summed E-state index contributed by atoms with van der Waals surface area (Å²) in [6.07, 6.45) is -4.67. The van der Waals surface area contributed by atoms with Gasteiger partial charge in [-0.1, -0.05) is 23.2 Å². The molecule has 0 aliphatic heterocycles. The fourth-order valence-electron chi connectivity index (χ4n) is 1.73. The van der Waals surface area contributed by atoms with E-state index in [0.717, 1.165) is 4.68 Å². The number of halogens is 5. The lowest BCUT2D eigenvalue weighted by Gasteiger charge is -2.07. The summed E-state index contributed by atoms with van der Waals surface area (Å²) in [5.74, 6) is -0.529. The number of carbonyl (C=O) groups is 1. The number of benzene rings is 1. The SMILES string of the molecule is Cc1c(Cl)c(C(F)(F)F)nn1CC(=O)Nc1ccc(Cl)cc1. The molecule has 4 nitrogen and oxygen atoms in total. The number of carbonyl (C=O) groups excluding carboxylic acids is 1. The van der Waals surface area contributed by atoms with E-state index in [4.69, 9.17) is 23.2 Å². The number of alkyl halides is 3. The number of hydrogen-bond donors (Lipinski definition) is 1. The number of nitrogens with one attached hydrogen (secondary N) is 1. The molecule has 1 heterocycles. The summed E-state index contributed by atoms with van der Waals surface area (Å²) in [6.45, 7) is 0.977. The lowest BCUT2D eigenvalue weighted by atomic mass is 10.3. The Bertz CT molecular complexity index is 696. The van der Waals surface area contributed by atoms with Gasteiger partial charge < -0.3 is 5.32 Å². The van der Waals surface area contributed by atoms with Crippen molar-refractivity contribution in [1.29, 1.82) is 0 Å². The van der Waals surface area contributed by atoms with Crippen molar-refractivity contribution in [2.75, 3.05) is 5.32 Å². The Morgan fingerprint density at radius 3 is 2.36 bits per heavy atom. The van der Waals surface area contributed by atoms with Gasteiger partial charge in [0.25, 0.3) is 0 Å². The molecular formula is C13H10Cl2F3N3O. The van der Waals surface area contributed by atoms with E-state index in [1.165, 1.54) is 6.92 Å². The Morgan fingerprint density at radius 1 is 1.27 bits per heavy atom. The van der Waals surface area contributed by atoms with Gasteiger partial charge in [0.1, 0.15) is 6.54 Å². The second-order valence-electron chi connectivity index (χ2n) is 4.46. The third-order valence-electron chi connectivity index (χ3n) is 2.82. The fraction of sp³-hybridized carbons (Fsp3) is 0.231. The molecule has 0 saturated carbocycles. The van der Waals surface area contributed by atoms with E-state index in [2.05, 4.69) is 10.4 Å². The van der Waals surface area contributed by atoms with Gasteiger partial charge in [0.05, 0.1) is 10.7 Å². The molecule has 1 aromatic heterocycles. The van der Waals surface area contributed by atoms with E-state index in [0.29, 0.717) is 10.7 Å². The molecule has 0 atom stereocenters. The predicted molar refractivity (Wildman–Crippen MR) is 77.1 cm³/mol. The van der Waals surface area contributed by atoms with Crippen LogP contribution in [0.4, 0.5) is 18.9 Å². The molecular weight excluding hydrogens is 342 g/mol. The zero-order chi connectivity index (χ0) is 16.5. The van der Waals surface area contributed by atoms with Crippen molar-refractivity contribution >= 4 is 34.8 Å². The first-order valence-corrected chi connectivity index (χ1v) is 6.79. The van der Waals surface area contributed by atoms with Crippen LogP contribution < -0.4 is 5.32 Å². The van der Waals surface area contributed by atoms with Crippen LogP contribution >= 0.6 is 23.2 Å². The monoisotopic (exact) mass is 351 g/mol. The standard InChI is InChI=1S/C13H10Cl2F3N3O/c1-7-11(15)12(13(16,17)18)20-21(7)6-10(22)19-9-4-2-8(14)3-5-9/h2-5H,6H2,1H3,(H,19,22). The van der Waals surface area contributed by atoms with Gasteiger partial charge in [-0.15, -0.1) is 0 Å². The third kappa shape index (κ3) is 3.72. The molecule has 118 valence electrons. The lowest BCUT2D eigenvalue weighted by Crippen LogP contribution is -2.20. The van der Waals surface area contributed by atoms with Crippen LogP contribution in [0.15, 0.2) is 24.3 Å². The smallest absolute Gasteiger partial charge is 0.324 e. The van der Waals surface area contributed by atoms with Crippen molar-refractivity contribution < 1.29 is 18.0 Å². The Kier molecular flexibility index (Phi) is 4.67. The van der Waals surface area contributed by atoms with Gasteiger partial charge in [-0.3, -0.25) is 9.48 Å². The third-order valence-corrected chi connectivity index (χ3v) is 3.53. The molecule has 2 rings (SSSR count). The van der Waals surface area contributed by atoms with E-state index < -0.39 is 22.8 Å². The van der Waals surface area contributed by atoms with Crippen molar-refractivity contribution in [3.8, 4) is 0 Å². The van der Waals surface area contributed by atoms with Crippen LogP contribution in [0.2, 0.25) is 10.0 Å². The summed E-state index contributed by atoms with van der Waals surface area (Å²) in [7, 11) is 0. The average molecular weight is 352 g/mol. The van der Waals surface area contributed by atoms with E-state index >= 15 is 0 Å². The number of rotatable bonds is 3. The molecule has 0 aliphatic carbocycles. The van der Waals surface area contributed by atoms with E-state index in [1.807, 2.05) is 0 Å². The van der Waals surface area contributed by atoms with Gasteiger partial charge in [0.2, 0.25) is 5.91 Å². The van der Waals surface area contributed by atoms with E-state index in [9.17, 15) is 18.0 Å². The average Bonchev–Trinajstić information content (AvgIpc) is 2.69. The summed E-state index contributed by atoms with van der Waals surface area (Å²) in [5.41, 5.74) is -0.660. The summed E-state index contributed by atoms with van der Waals surface area (Å²) >= 11 is 11.3. The zero-order valence-corrected chi connectivity index (χ0v) is 12.7. The maximum atomic E-state index is 12.7. The number of aromatic nitrogens is 2. The van der Waals surface area contributed by atoms with Gasteiger partial charge in [0, 0.05) is 10.7 Å². The van der Waals surface area contributed by atoms with E-state index in [-0.39, 0.29) is 12.2 Å². The van der Waals surface area contributed by atoms with Gasteiger partial charge in [-0.05, 0) is 31.2 Å². The molecule has 0 radical (unpaired) electrons. The number of amides is 1. The molecule has 9 heteroatoms. The number of anilines is 1. The predicted octanol–water partition coefficient (Wildman–Crippen LogP) is 4.16. The Morgan fingerprint density at radius 2 is 1.86 bits per heavy atom. The van der Waals surface area contributed by atoms with Crippen molar-refractivity contribution in [3.63, 3.8) is 0 Å². The van der Waals surface area contributed by atoms with Crippen LogP contribution in [0.25, 0.3) is 0 Å². The summed E-state index contributed by atoms with van der Waals surface area (Å²) < 4.78 is 39.0. The molecule has 22 heavy (non-hydrogen) atoms. The van der Waals surface area contributed by atoms with Crippen molar-refractivity contribution in [3.05, 3.63) is 45.7 Å². The van der Waals surface area contributed by atoms with Crippen LogP contribution in [0.5, 0.6) is 0 Å². The Hall–Kier alpha value is -1.73. The lowest BCUT2D eigenvalue weighted by molar-refractivity contribution is -0.141. The molecule has 0 saturated heterocycles. The highest BCUT2D eigenvalue weighted by atomic mass is 35.5. The second-order valence-corrected chi connectivity index (χ2v) is 5.27. The van der Waals surface area contributed by atoms with Gasteiger partial charge in [-0.25, -0.2) is 0 Å². The minimum absolute atomic E-state index is 0.0697. The van der Waals surface area contributed by atoms with Crippen LogP contribution in [-0.4, -0.2) is 15.7 Å². The second kappa shape index (κ2) is 6.18. The molecule has 0 spiro atoms. The highest BCUT2D eigenvalue weighted by Gasteiger charge is 2.38. The molecule has 1 N–H and O–H groups in total. The van der Waals surface area contributed by atoms with Gasteiger partial charge in [-0.2, -0.15) is 18.3 Å². The minimum atomic E-state index is -4.67. The first kappa shape index (κ1) is 16.6. The summed E-state index contributed by atoms with van der Waals surface area (Å²) in [6, 6.07) is 6.30. The quantitative estimate of drug-likeness (QED) is 0.902. The van der Waals surface area contributed by atoms with Gasteiger partial charge in [0.15, 0.2) is 5.69 Å². The Labute approximate surface area is 133 Å². The van der Waals surface area contributed by atoms with Crippen LogP contribution in [0, 0.1) is 6.92 Å². The molecule has 0 aliphatic rings. The zero-order valence-electron chi connectivity index (χ0n) is 11.2. The van der Waals surface area contributed by atoms with Crippen LogP contribution in [0.3, 0.4) is 0 Å². The molecule has 0 unspecified atom stereocenters. The normalized spacial score (nSPS) is 11.5. The highest BCUT2D eigenvalue weighted by Crippen LogP contribution is 2.35. The van der Waals surface area contributed by atoms with Gasteiger partial charge >= 0.3 is 6.18 Å². The van der Waals surface area contributed by atoms with Crippen molar-refractivity contribution in [2.24, 2.45) is 0 Å². The maximum Gasteiger partial charge on any atom is 0.436 e. The maximum absolute atomic E-state index is 12.7. The topological polar surface area (TPSA) is 46.9 Å². The largest absolute Gasteiger partial charge is 0.436 e. The molecule has 2 aromatic rings. The highest BCUT2D eigenvalue weighted by molar-refractivity contribution is 6.32. The summed E-state index contributed by atoms with van der Waals surface area (Å²) in [5, 5.41) is 5.88. The van der Waals surface area contributed by atoms with Crippen LogP contribution in [-0.2, 0) is 17.5 Å². The fourth-order valence-corrected chi connectivity index (χ4v) is 2.10. The number of hydrogen-bond acceptors (Lipinski definition) is 2.